The number of hydrogen-bond donors (Lipinski definition) is 0. The van der Waals surface area contributed by atoms with E-state index in [0.717, 1.165) is 6.54 Å². The van der Waals surface area contributed by atoms with Crippen LogP contribution in [-0.2, 0) is 22.6 Å². The molecule has 4 nitrogen and oxygen atoms in total. The Hall–Kier alpha value is -1.58. The number of hydrogen-bond acceptors (Lipinski definition) is 2. The lowest BCUT2D eigenvalue weighted by atomic mass is 10.3. The third-order valence-electron chi connectivity index (χ3n) is 2.47. The van der Waals surface area contributed by atoms with Gasteiger partial charge >= 0.3 is 5.97 Å². The van der Waals surface area contributed by atoms with Crippen LogP contribution < -0.4 is 4.57 Å². The van der Waals surface area contributed by atoms with Gasteiger partial charge in [-0.3, -0.25) is 0 Å². The minimum atomic E-state index is -0.372. The molecule has 94 valence electrons. The van der Waals surface area contributed by atoms with Gasteiger partial charge in [0, 0.05) is 6.08 Å². The molecule has 1 heterocycles. The third kappa shape index (κ3) is 4.85. The standard InChI is InChI=1S/C13H21N2O2/c1-4-6-7-14-8-9-15(11-14)10-12(3)17-13(16)5-2/h5,8-9,11-12H,2,4,6-7,10H2,1,3H3/q+1. The van der Waals surface area contributed by atoms with E-state index in [-0.39, 0.29) is 12.1 Å². The number of imidazole rings is 1. The fraction of sp³-hybridized carbons (Fsp3) is 0.538. The van der Waals surface area contributed by atoms with Crippen LogP contribution in [0.4, 0.5) is 0 Å². The van der Waals surface area contributed by atoms with Crippen LogP contribution in [-0.4, -0.2) is 16.6 Å². The molecule has 0 fully saturated rings. The van der Waals surface area contributed by atoms with Crippen molar-refractivity contribution in [1.29, 1.82) is 0 Å². The molecule has 0 aliphatic rings. The van der Waals surface area contributed by atoms with Crippen LogP contribution in [0.2, 0.25) is 0 Å². The average molecular weight is 237 g/mol. The summed E-state index contributed by atoms with van der Waals surface area (Å²) in [7, 11) is 0. The van der Waals surface area contributed by atoms with Crippen molar-refractivity contribution in [2.45, 2.75) is 45.9 Å². The Morgan fingerprint density at radius 1 is 1.65 bits per heavy atom. The van der Waals surface area contributed by atoms with Crippen LogP contribution >= 0.6 is 0 Å². The summed E-state index contributed by atoms with van der Waals surface area (Å²) in [5.41, 5.74) is 0. The van der Waals surface area contributed by atoms with Crippen molar-refractivity contribution in [1.82, 2.24) is 4.57 Å². The summed E-state index contributed by atoms with van der Waals surface area (Å²) in [4.78, 5) is 11.0. The van der Waals surface area contributed by atoms with Gasteiger partial charge in [-0.2, -0.15) is 0 Å². The van der Waals surface area contributed by atoms with Crippen LogP contribution in [0.5, 0.6) is 0 Å². The van der Waals surface area contributed by atoms with Crippen molar-refractivity contribution < 1.29 is 14.1 Å². The first-order valence-electron chi connectivity index (χ1n) is 6.03. The van der Waals surface area contributed by atoms with E-state index >= 15 is 0 Å². The first-order valence-corrected chi connectivity index (χ1v) is 6.03. The number of carbonyl (C=O) groups is 1. The normalized spacial score (nSPS) is 12.1. The Balaban J connectivity index is 2.42. The van der Waals surface area contributed by atoms with Crippen molar-refractivity contribution in [3.8, 4) is 0 Å². The molecule has 0 aliphatic carbocycles. The molecule has 0 radical (unpaired) electrons. The first-order chi connectivity index (χ1) is 8.15. The number of carbonyl (C=O) groups excluding carboxylic acids is 1. The van der Waals surface area contributed by atoms with Crippen LogP contribution in [0.1, 0.15) is 26.7 Å². The summed E-state index contributed by atoms with van der Waals surface area (Å²) in [5, 5.41) is 0. The highest BCUT2D eigenvalue weighted by atomic mass is 16.5. The van der Waals surface area contributed by atoms with Gasteiger partial charge in [0.15, 0.2) is 0 Å². The molecule has 0 aliphatic heterocycles. The lowest BCUT2D eigenvalue weighted by Crippen LogP contribution is -2.38. The van der Waals surface area contributed by atoms with Gasteiger partial charge in [-0.05, 0) is 13.3 Å². The molecule has 1 aromatic rings. The number of rotatable bonds is 7. The van der Waals surface area contributed by atoms with Gasteiger partial charge in [0.1, 0.15) is 25.0 Å². The molecule has 1 atom stereocenters. The zero-order valence-corrected chi connectivity index (χ0v) is 10.6. The maximum absolute atomic E-state index is 11.0. The van der Waals surface area contributed by atoms with E-state index in [4.69, 9.17) is 4.74 Å². The van der Waals surface area contributed by atoms with Crippen molar-refractivity contribution >= 4 is 5.97 Å². The molecular weight excluding hydrogens is 216 g/mol. The van der Waals surface area contributed by atoms with Crippen molar-refractivity contribution in [3.05, 3.63) is 31.4 Å². The summed E-state index contributed by atoms with van der Waals surface area (Å²) in [5.74, 6) is -0.372. The molecule has 17 heavy (non-hydrogen) atoms. The molecule has 0 aromatic carbocycles. The third-order valence-corrected chi connectivity index (χ3v) is 2.47. The minimum absolute atomic E-state index is 0.146. The number of ether oxygens (including phenoxy) is 1. The number of unbranched alkanes of at least 4 members (excludes halogenated alkanes) is 1. The maximum atomic E-state index is 11.0. The zero-order valence-electron chi connectivity index (χ0n) is 10.6. The summed E-state index contributed by atoms with van der Waals surface area (Å²) in [6, 6.07) is 0. The van der Waals surface area contributed by atoms with Crippen LogP contribution in [0.15, 0.2) is 31.4 Å². The van der Waals surface area contributed by atoms with Gasteiger partial charge < -0.3 is 4.74 Å². The fourth-order valence-electron chi connectivity index (χ4n) is 1.60. The SMILES string of the molecule is C=CC(=O)OC(C)C[n+]1ccn(CCCC)c1. The maximum Gasteiger partial charge on any atom is 0.330 e. The Morgan fingerprint density at radius 3 is 3.06 bits per heavy atom. The molecule has 0 saturated heterocycles. The highest BCUT2D eigenvalue weighted by Gasteiger charge is 2.11. The Labute approximate surface area is 103 Å². The summed E-state index contributed by atoms with van der Waals surface area (Å²) >= 11 is 0. The molecule has 0 saturated carbocycles. The smallest absolute Gasteiger partial charge is 0.330 e. The second-order valence-electron chi connectivity index (χ2n) is 4.15. The molecule has 1 unspecified atom stereocenters. The number of aromatic nitrogens is 2. The van der Waals surface area contributed by atoms with E-state index in [1.807, 2.05) is 30.2 Å². The Kier molecular flexibility index (Phi) is 5.46. The predicted molar refractivity (Wildman–Crippen MR) is 65.3 cm³/mol. The summed E-state index contributed by atoms with van der Waals surface area (Å²) in [6.45, 7) is 9.12. The van der Waals surface area contributed by atoms with Crippen LogP contribution in [0, 0.1) is 0 Å². The molecule has 1 aromatic heterocycles. The van der Waals surface area contributed by atoms with Crippen LogP contribution in [0.25, 0.3) is 0 Å². The van der Waals surface area contributed by atoms with E-state index < -0.39 is 0 Å². The Morgan fingerprint density at radius 2 is 2.41 bits per heavy atom. The number of nitrogens with zero attached hydrogens (tertiary/aromatic N) is 2. The number of aryl methyl sites for hydroxylation is 1. The molecule has 0 spiro atoms. The molecule has 0 bridgehead atoms. The van der Waals surface area contributed by atoms with Crippen molar-refractivity contribution in [3.63, 3.8) is 0 Å². The first kappa shape index (κ1) is 13.5. The quantitative estimate of drug-likeness (QED) is 0.411. The second-order valence-corrected chi connectivity index (χ2v) is 4.15. The van der Waals surface area contributed by atoms with E-state index in [9.17, 15) is 4.79 Å². The highest BCUT2D eigenvalue weighted by molar-refractivity contribution is 5.81. The summed E-state index contributed by atoms with van der Waals surface area (Å²) < 4.78 is 9.28. The lowest BCUT2D eigenvalue weighted by molar-refractivity contribution is -0.702. The van der Waals surface area contributed by atoms with Gasteiger partial charge in [-0.25, -0.2) is 13.9 Å². The van der Waals surface area contributed by atoms with Gasteiger partial charge in [-0.15, -0.1) is 0 Å². The van der Waals surface area contributed by atoms with Crippen LogP contribution in [0.3, 0.4) is 0 Å². The molecular formula is C13H21N2O2+. The van der Waals surface area contributed by atoms with Gasteiger partial charge in [0.25, 0.3) is 0 Å². The topological polar surface area (TPSA) is 35.1 Å². The summed E-state index contributed by atoms with van der Waals surface area (Å²) in [6.07, 6.45) is 9.47. The lowest BCUT2D eigenvalue weighted by Gasteiger charge is -2.08. The monoisotopic (exact) mass is 237 g/mol. The molecule has 0 amide bonds. The van der Waals surface area contributed by atoms with Gasteiger partial charge in [0.05, 0.1) is 6.54 Å². The predicted octanol–water partition coefficient (Wildman–Crippen LogP) is 1.69. The largest absolute Gasteiger partial charge is 0.455 e. The van der Waals surface area contributed by atoms with Gasteiger partial charge in [0.2, 0.25) is 6.33 Å². The average Bonchev–Trinajstić information content (AvgIpc) is 2.73. The zero-order chi connectivity index (χ0) is 12.7. The second kappa shape index (κ2) is 6.89. The van der Waals surface area contributed by atoms with Crippen molar-refractivity contribution in [2.24, 2.45) is 0 Å². The molecule has 4 heteroatoms. The molecule has 1 rings (SSSR count). The fourth-order valence-corrected chi connectivity index (χ4v) is 1.60. The van der Waals surface area contributed by atoms with E-state index in [0.29, 0.717) is 6.54 Å². The van der Waals surface area contributed by atoms with E-state index in [1.165, 1.54) is 18.9 Å². The molecule has 0 N–H and O–H groups in total. The minimum Gasteiger partial charge on any atom is -0.455 e. The van der Waals surface area contributed by atoms with E-state index in [1.54, 1.807) is 0 Å². The number of esters is 1. The van der Waals surface area contributed by atoms with E-state index in [2.05, 4.69) is 18.1 Å². The van der Waals surface area contributed by atoms with Gasteiger partial charge in [-0.1, -0.05) is 19.9 Å². The highest BCUT2D eigenvalue weighted by Crippen LogP contribution is 1.95. The Bertz CT molecular complexity index is 371. The van der Waals surface area contributed by atoms with Crippen molar-refractivity contribution in [2.75, 3.05) is 0 Å².